The lowest BCUT2D eigenvalue weighted by molar-refractivity contribution is 0.468. The molecule has 1 nitrogen and oxygen atoms in total. The van der Waals surface area contributed by atoms with Gasteiger partial charge in [0.05, 0.1) is 41.3 Å². The zero-order valence-corrected chi connectivity index (χ0v) is 26.1. The van der Waals surface area contributed by atoms with Gasteiger partial charge >= 0.3 is 0 Å². The summed E-state index contributed by atoms with van der Waals surface area (Å²) in [6, 6.07) is 0. The second-order valence-electron chi connectivity index (χ2n) is 4.34. The molecule has 132 valence electrons. The van der Waals surface area contributed by atoms with Crippen LogP contribution in [0.3, 0.4) is 0 Å². The number of hydrogen-bond acceptors (Lipinski definition) is 1. The summed E-state index contributed by atoms with van der Waals surface area (Å²) < 4.78 is 13.4. The monoisotopic (exact) mass is 909 g/mol. The number of hydrogen-bond donors (Lipinski definition) is 0. The maximum Gasteiger partial charge on any atom is 0.158 e. The van der Waals surface area contributed by atoms with E-state index in [1.54, 1.807) is 6.92 Å². The highest BCUT2D eigenvalue weighted by atomic mass is 79.9. The zero-order valence-electron chi connectivity index (χ0n) is 11.8. The predicted octanol–water partition coefficient (Wildman–Crippen LogP) is 10.7. The van der Waals surface area contributed by atoms with Crippen molar-refractivity contribution in [2.24, 2.45) is 0 Å². The quantitative estimate of drug-likeness (QED) is 0.166. The molecule has 0 amide bonds. The number of halogens is 9. The van der Waals surface area contributed by atoms with Crippen molar-refractivity contribution in [3.05, 3.63) is 45.8 Å². The Labute approximate surface area is 221 Å². The minimum Gasteiger partial charge on any atom is -0.452 e. The van der Waals surface area contributed by atoms with Crippen LogP contribution in [-0.2, 0) is 0 Å². The van der Waals surface area contributed by atoms with Crippen LogP contribution in [0.25, 0.3) is 0 Å². The smallest absolute Gasteiger partial charge is 0.158 e. The minimum atomic E-state index is 0.600. The van der Waals surface area contributed by atoms with Crippen molar-refractivity contribution in [3.63, 3.8) is 0 Å². The lowest BCUT2D eigenvalue weighted by atomic mass is 10.2. The summed E-state index contributed by atoms with van der Waals surface area (Å²) >= 11 is 32.1. The Hall–Kier alpha value is 2.12. The average Bonchev–Trinajstić information content (AvgIpc) is 2.59. The number of ether oxygens (including phenoxy) is 1. The van der Waals surface area contributed by atoms with Crippen LogP contribution in [0.5, 0.6) is 11.5 Å². The molecule has 2 aromatic carbocycles. The SMILES string of the molecule is CC#Cc1c(Br)c(Br)c(Oc2c(Br)c(Br)c(Br)c(Br)c2Br)c(Br)c1Br. The van der Waals surface area contributed by atoms with E-state index < -0.39 is 0 Å². The van der Waals surface area contributed by atoms with E-state index in [-0.39, 0.29) is 0 Å². The largest absolute Gasteiger partial charge is 0.452 e. The van der Waals surface area contributed by atoms with Gasteiger partial charge in [0.25, 0.3) is 0 Å². The van der Waals surface area contributed by atoms with E-state index in [1.807, 2.05) is 0 Å². The van der Waals surface area contributed by atoms with Crippen LogP contribution in [0.1, 0.15) is 12.5 Å². The first-order valence-corrected chi connectivity index (χ1v) is 13.2. The molecule has 0 saturated heterocycles. The Morgan fingerprint density at radius 1 is 0.520 bits per heavy atom. The molecule has 0 unspecified atom stereocenters. The van der Waals surface area contributed by atoms with Gasteiger partial charge in [-0.1, -0.05) is 5.92 Å². The standard InChI is InChI=1S/C15H3Br9O/c1-2-3-4-5(16)10(21)14(11(22)6(4)17)25-15-12(23)8(19)7(18)9(20)13(15)24/h1H3. The molecule has 0 radical (unpaired) electrons. The van der Waals surface area contributed by atoms with Gasteiger partial charge in [0.15, 0.2) is 11.5 Å². The summed E-state index contributed by atoms with van der Waals surface area (Å²) in [4.78, 5) is 0. The molecule has 0 fully saturated rings. The number of benzene rings is 2. The molecule has 0 saturated carbocycles. The van der Waals surface area contributed by atoms with Crippen LogP contribution in [0.15, 0.2) is 40.3 Å². The summed E-state index contributed by atoms with van der Waals surface area (Å²) in [6.07, 6.45) is 0. The molecule has 0 aliphatic carbocycles. The van der Waals surface area contributed by atoms with Gasteiger partial charge in [-0.25, -0.2) is 0 Å². The Morgan fingerprint density at radius 2 is 0.840 bits per heavy atom. The third kappa shape index (κ3) is 4.66. The average molecular weight is 918 g/mol. The van der Waals surface area contributed by atoms with Crippen molar-refractivity contribution in [3.8, 4) is 23.3 Å². The van der Waals surface area contributed by atoms with Gasteiger partial charge in [0.2, 0.25) is 0 Å². The highest BCUT2D eigenvalue weighted by molar-refractivity contribution is 9.16. The highest BCUT2D eigenvalue weighted by Gasteiger charge is 2.24. The minimum absolute atomic E-state index is 0.600. The molecule has 0 aliphatic heterocycles. The summed E-state index contributed by atoms with van der Waals surface area (Å²) in [7, 11) is 0. The van der Waals surface area contributed by atoms with Gasteiger partial charge < -0.3 is 4.74 Å². The maximum absolute atomic E-state index is 6.24. The highest BCUT2D eigenvalue weighted by Crippen LogP contribution is 2.53. The fraction of sp³-hybridized carbons (Fsp3) is 0.0667. The van der Waals surface area contributed by atoms with Crippen LogP contribution >= 0.6 is 143 Å². The third-order valence-corrected chi connectivity index (χ3v) is 13.0. The van der Waals surface area contributed by atoms with Crippen molar-refractivity contribution in [2.45, 2.75) is 6.92 Å². The third-order valence-electron chi connectivity index (χ3n) is 2.85. The van der Waals surface area contributed by atoms with E-state index in [2.05, 4.69) is 155 Å². The van der Waals surface area contributed by atoms with E-state index in [9.17, 15) is 0 Å². The van der Waals surface area contributed by atoms with Gasteiger partial charge in [0.1, 0.15) is 0 Å². The van der Waals surface area contributed by atoms with Gasteiger partial charge in [0, 0.05) is 4.47 Å². The van der Waals surface area contributed by atoms with Gasteiger partial charge in [-0.3, -0.25) is 0 Å². The van der Waals surface area contributed by atoms with E-state index in [0.29, 0.717) is 11.5 Å². The molecule has 2 rings (SSSR count). The van der Waals surface area contributed by atoms with Crippen molar-refractivity contribution in [1.82, 2.24) is 0 Å². The van der Waals surface area contributed by atoms with Gasteiger partial charge in [-0.05, 0) is 150 Å². The van der Waals surface area contributed by atoms with Crippen LogP contribution in [0, 0.1) is 11.8 Å². The van der Waals surface area contributed by atoms with Gasteiger partial charge in [-0.2, -0.15) is 0 Å². The lowest BCUT2D eigenvalue weighted by Gasteiger charge is -2.18. The normalized spacial score (nSPS) is 10.5. The molecule has 0 spiro atoms. The first kappa shape index (κ1) is 23.4. The Balaban J connectivity index is 2.73. The fourth-order valence-corrected chi connectivity index (χ4v) is 7.33. The van der Waals surface area contributed by atoms with Crippen molar-refractivity contribution >= 4 is 143 Å². The van der Waals surface area contributed by atoms with Crippen LogP contribution in [-0.4, -0.2) is 0 Å². The second kappa shape index (κ2) is 9.75. The summed E-state index contributed by atoms with van der Waals surface area (Å²) in [5.41, 5.74) is 0.824. The van der Waals surface area contributed by atoms with Crippen LogP contribution in [0.2, 0.25) is 0 Å². The van der Waals surface area contributed by atoms with Gasteiger partial charge in [-0.15, -0.1) is 5.92 Å². The zero-order chi connectivity index (χ0) is 19.0. The summed E-state index contributed by atoms with van der Waals surface area (Å²) in [6.45, 7) is 1.79. The molecule has 0 aromatic heterocycles. The molecule has 2 aromatic rings. The van der Waals surface area contributed by atoms with E-state index in [4.69, 9.17) is 4.74 Å². The first-order valence-electron chi connectivity index (χ1n) is 6.11. The fourth-order valence-electron chi connectivity index (χ4n) is 1.71. The summed E-state index contributed by atoms with van der Waals surface area (Å²) in [5, 5.41) is 0. The predicted molar refractivity (Wildman–Crippen MR) is 135 cm³/mol. The molecule has 0 heterocycles. The maximum atomic E-state index is 6.24. The van der Waals surface area contributed by atoms with E-state index >= 15 is 0 Å². The Morgan fingerprint density at radius 3 is 1.20 bits per heavy atom. The second-order valence-corrected chi connectivity index (χ2v) is 11.5. The van der Waals surface area contributed by atoms with Crippen LogP contribution in [0.4, 0.5) is 0 Å². The van der Waals surface area contributed by atoms with Crippen molar-refractivity contribution in [2.75, 3.05) is 0 Å². The Kier molecular flexibility index (Phi) is 9.12. The van der Waals surface area contributed by atoms with Crippen LogP contribution < -0.4 is 4.74 Å². The summed E-state index contributed by atoms with van der Waals surface area (Å²) in [5.74, 6) is 7.18. The molecular weight excluding hydrogens is 915 g/mol. The molecule has 0 aliphatic rings. The molecule has 25 heavy (non-hydrogen) atoms. The molecular formula is C15H3Br9O. The van der Waals surface area contributed by atoms with Crippen molar-refractivity contribution in [1.29, 1.82) is 0 Å². The Bertz CT molecular complexity index is 883. The first-order chi connectivity index (χ1) is 11.6. The molecule has 0 bridgehead atoms. The number of rotatable bonds is 2. The molecule has 0 N–H and O–H groups in total. The molecule has 10 heteroatoms. The topological polar surface area (TPSA) is 9.23 Å². The van der Waals surface area contributed by atoms with E-state index in [0.717, 1.165) is 45.8 Å². The molecule has 0 atom stereocenters. The lowest BCUT2D eigenvalue weighted by Crippen LogP contribution is -1.95. The van der Waals surface area contributed by atoms with E-state index in [1.165, 1.54) is 0 Å². The van der Waals surface area contributed by atoms with Crippen molar-refractivity contribution < 1.29 is 4.74 Å².